The third-order valence-corrected chi connectivity index (χ3v) is 4.96. The number of hydrogen-bond acceptors (Lipinski definition) is 7. The number of rotatable bonds is 9. The monoisotopic (exact) mass is 464 g/mol. The van der Waals surface area contributed by atoms with Crippen molar-refractivity contribution < 1.29 is 9.15 Å². The van der Waals surface area contributed by atoms with Gasteiger partial charge in [0.25, 0.3) is 0 Å². The number of aryl methyl sites for hydroxylation is 1. The maximum absolute atomic E-state index is 5.69. The molecule has 0 saturated heterocycles. The molecule has 3 aromatic rings. The Labute approximate surface area is 201 Å². The van der Waals surface area contributed by atoms with Crippen LogP contribution >= 0.6 is 11.8 Å². The van der Waals surface area contributed by atoms with Crippen LogP contribution in [0.2, 0.25) is 0 Å². The van der Waals surface area contributed by atoms with Crippen LogP contribution in [-0.2, 0) is 5.75 Å². The van der Waals surface area contributed by atoms with Crippen molar-refractivity contribution in [1.82, 2.24) is 10.2 Å². The molecule has 6 nitrogen and oxygen atoms in total. The van der Waals surface area contributed by atoms with E-state index in [2.05, 4.69) is 35.0 Å². The van der Waals surface area contributed by atoms with Crippen molar-refractivity contribution in [3.8, 4) is 30.1 Å². The summed E-state index contributed by atoms with van der Waals surface area (Å²) in [5.41, 5.74) is 8.39. The van der Waals surface area contributed by atoms with E-state index in [4.69, 9.17) is 14.9 Å². The van der Waals surface area contributed by atoms with Gasteiger partial charge in [-0.3, -0.25) is 4.99 Å². The fourth-order valence-corrected chi connectivity index (χ4v) is 2.94. The first kappa shape index (κ1) is 27.5. The highest BCUT2D eigenvalue weighted by atomic mass is 32.2. The number of benzene rings is 2. The molecule has 0 atom stereocenters. The summed E-state index contributed by atoms with van der Waals surface area (Å²) in [4.78, 5) is 3.92. The van der Waals surface area contributed by atoms with Gasteiger partial charge >= 0.3 is 0 Å². The molecule has 3 rings (SSSR count). The summed E-state index contributed by atoms with van der Waals surface area (Å²) in [5, 5.41) is 8.19. The summed E-state index contributed by atoms with van der Waals surface area (Å²) in [7, 11) is 0. The molecule has 0 aliphatic rings. The van der Waals surface area contributed by atoms with Gasteiger partial charge in [0.05, 0.1) is 18.9 Å². The van der Waals surface area contributed by atoms with E-state index >= 15 is 0 Å². The highest BCUT2D eigenvalue weighted by Crippen LogP contribution is 2.20. The maximum atomic E-state index is 5.69. The summed E-state index contributed by atoms with van der Waals surface area (Å²) >= 11 is 1.72. The Morgan fingerprint density at radius 1 is 1.09 bits per heavy atom. The summed E-state index contributed by atoms with van der Waals surface area (Å²) in [6.45, 7) is 7.13. The number of para-hydroxylation sites is 1. The zero-order valence-electron chi connectivity index (χ0n) is 19.5. The molecule has 0 aliphatic carbocycles. The number of thioether (sulfide) groups is 1. The normalized spacial score (nSPS) is 10.6. The second-order valence-corrected chi connectivity index (χ2v) is 7.65. The van der Waals surface area contributed by atoms with Crippen LogP contribution in [0.15, 0.2) is 75.8 Å². The summed E-state index contributed by atoms with van der Waals surface area (Å²) in [6, 6.07) is 17.9. The smallest absolute Gasteiger partial charge is 0.247 e. The van der Waals surface area contributed by atoms with Gasteiger partial charge in [0.1, 0.15) is 5.75 Å². The fourth-order valence-electron chi connectivity index (χ4n) is 2.31. The van der Waals surface area contributed by atoms with Gasteiger partial charge in [-0.1, -0.05) is 42.0 Å². The third-order valence-electron chi connectivity index (χ3n) is 4.06. The molecule has 1 aromatic heterocycles. The second kappa shape index (κ2) is 17.1. The topological polar surface area (TPSA) is 86.5 Å². The van der Waals surface area contributed by atoms with Crippen molar-refractivity contribution >= 4 is 18.0 Å². The quantitative estimate of drug-likeness (QED) is 0.254. The first-order chi connectivity index (χ1) is 16.1. The van der Waals surface area contributed by atoms with Crippen LogP contribution < -0.4 is 10.5 Å². The van der Waals surface area contributed by atoms with E-state index < -0.39 is 0 Å². The Kier molecular flexibility index (Phi) is 14.3. The van der Waals surface area contributed by atoms with E-state index in [1.807, 2.05) is 74.5 Å². The maximum Gasteiger partial charge on any atom is 0.247 e. The lowest BCUT2D eigenvalue weighted by atomic mass is 10.1. The molecule has 1 heterocycles. The average Bonchev–Trinajstić information content (AvgIpc) is 3.34. The minimum atomic E-state index is 0.570. The Bertz CT molecular complexity index is 980. The Hall–Kier alpha value is -3.50. The van der Waals surface area contributed by atoms with Gasteiger partial charge in [-0.25, -0.2) is 0 Å². The summed E-state index contributed by atoms with van der Waals surface area (Å²) in [6.07, 6.45) is 11.6. The molecule has 0 saturated carbocycles. The highest BCUT2D eigenvalue weighted by Gasteiger charge is 2.08. The van der Waals surface area contributed by atoms with Crippen LogP contribution in [0, 0.1) is 19.8 Å². The van der Waals surface area contributed by atoms with Crippen LogP contribution in [0.4, 0.5) is 0 Å². The first-order valence-electron chi connectivity index (χ1n) is 10.5. The average molecular weight is 465 g/mol. The number of aromatic nitrogens is 2. The van der Waals surface area contributed by atoms with Gasteiger partial charge < -0.3 is 14.9 Å². The SMILES string of the molecule is C#C.CC=NC/C(N)=C\C.Cc1ccc(-c2nnc(CSCCOc3ccccc3)o2)cc1. The second-order valence-electron chi connectivity index (χ2n) is 6.54. The van der Waals surface area contributed by atoms with E-state index in [9.17, 15) is 0 Å². The predicted octanol–water partition coefficient (Wildman–Crippen LogP) is 5.55. The molecule has 0 amide bonds. The zero-order valence-corrected chi connectivity index (χ0v) is 20.3. The zero-order chi connectivity index (χ0) is 24.3. The molecule has 7 heteroatoms. The van der Waals surface area contributed by atoms with Crippen molar-refractivity contribution in [1.29, 1.82) is 0 Å². The van der Waals surface area contributed by atoms with Crippen molar-refractivity contribution in [2.75, 3.05) is 18.9 Å². The van der Waals surface area contributed by atoms with Crippen LogP contribution in [0.3, 0.4) is 0 Å². The number of allylic oxidation sites excluding steroid dienone is 1. The van der Waals surface area contributed by atoms with Crippen LogP contribution in [-0.4, -0.2) is 35.3 Å². The minimum Gasteiger partial charge on any atom is -0.493 e. The van der Waals surface area contributed by atoms with Gasteiger partial charge in [-0.2, -0.15) is 0 Å². The predicted molar refractivity (Wildman–Crippen MR) is 139 cm³/mol. The first-order valence-corrected chi connectivity index (χ1v) is 11.6. The fraction of sp³-hybridized carbons (Fsp3) is 0.269. The van der Waals surface area contributed by atoms with E-state index in [0.29, 0.717) is 30.7 Å². The van der Waals surface area contributed by atoms with Crippen LogP contribution in [0.25, 0.3) is 11.5 Å². The number of nitrogens with zero attached hydrogens (tertiary/aromatic N) is 3. The molecule has 0 radical (unpaired) electrons. The Morgan fingerprint density at radius 3 is 2.42 bits per heavy atom. The number of ether oxygens (including phenoxy) is 1. The third kappa shape index (κ3) is 11.6. The van der Waals surface area contributed by atoms with Crippen molar-refractivity contribution in [2.24, 2.45) is 10.7 Å². The lowest BCUT2D eigenvalue weighted by Gasteiger charge is -2.04. The number of terminal acetylenes is 1. The van der Waals surface area contributed by atoms with E-state index in [1.165, 1.54) is 5.56 Å². The van der Waals surface area contributed by atoms with Crippen molar-refractivity contribution in [2.45, 2.75) is 26.5 Å². The molecular formula is C26H32N4O2S. The molecule has 2 N–H and O–H groups in total. The van der Waals surface area contributed by atoms with Crippen LogP contribution in [0.5, 0.6) is 5.75 Å². The largest absolute Gasteiger partial charge is 0.493 e. The molecule has 0 unspecified atom stereocenters. The lowest BCUT2D eigenvalue weighted by Crippen LogP contribution is -2.00. The van der Waals surface area contributed by atoms with Gasteiger partial charge in [0.2, 0.25) is 11.8 Å². The summed E-state index contributed by atoms with van der Waals surface area (Å²) < 4.78 is 11.3. The van der Waals surface area contributed by atoms with Gasteiger partial charge in [0.15, 0.2) is 0 Å². The molecule has 0 spiro atoms. The van der Waals surface area contributed by atoms with Crippen molar-refractivity contribution in [3.05, 3.63) is 77.8 Å². The summed E-state index contributed by atoms with van der Waals surface area (Å²) in [5.74, 6) is 3.67. The number of hydrogen-bond donors (Lipinski definition) is 1. The lowest BCUT2D eigenvalue weighted by molar-refractivity contribution is 0.344. The Morgan fingerprint density at radius 2 is 1.79 bits per heavy atom. The van der Waals surface area contributed by atoms with Gasteiger partial charge in [-0.05, 0) is 51.3 Å². The molecule has 2 aromatic carbocycles. The Balaban J connectivity index is 0.000000464. The van der Waals surface area contributed by atoms with Gasteiger partial charge in [-0.15, -0.1) is 34.8 Å². The molecule has 0 aliphatic heterocycles. The molecular weight excluding hydrogens is 432 g/mol. The van der Waals surface area contributed by atoms with E-state index in [0.717, 1.165) is 22.8 Å². The van der Waals surface area contributed by atoms with Crippen molar-refractivity contribution in [3.63, 3.8) is 0 Å². The van der Waals surface area contributed by atoms with Crippen LogP contribution in [0.1, 0.15) is 25.3 Å². The molecule has 174 valence electrons. The standard InChI is InChI=1S/C18H18N2O2S.C6H12N2.C2H2/c1-14-7-9-15(10-8-14)18-20-19-17(22-18)13-23-12-11-21-16-5-3-2-4-6-16;1-3-6(7)5-8-4-2;1-2/h2-10H,11-13H2,1H3;3-4H,5,7H2,1-2H3;1-2H/b;6-3+,8-4?;. The molecule has 33 heavy (non-hydrogen) atoms. The minimum absolute atomic E-state index is 0.570. The number of aliphatic imine (C=N–C) groups is 1. The van der Waals surface area contributed by atoms with E-state index in [1.54, 1.807) is 18.0 Å². The highest BCUT2D eigenvalue weighted by molar-refractivity contribution is 7.98. The van der Waals surface area contributed by atoms with Gasteiger partial charge in [0, 0.05) is 17.0 Å². The molecule has 0 fully saturated rings. The van der Waals surface area contributed by atoms with E-state index in [-0.39, 0.29) is 0 Å². The number of nitrogens with two attached hydrogens (primary N) is 1. The molecule has 0 bridgehead atoms.